The minimum atomic E-state index is -0.319. The molecular weight excluding hydrogens is 370 g/mol. The van der Waals surface area contributed by atoms with Crippen LogP contribution in [0.2, 0.25) is 0 Å². The van der Waals surface area contributed by atoms with E-state index in [0.29, 0.717) is 28.7 Å². The van der Waals surface area contributed by atoms with E-state index in [1.165, 1.54) is 11.3 Å². The number of hydrogen-bond acceptors (Lipinski definition) is 7. The molecule has 0 radical (unpaired) electrons. The molecule has 0 aliphatic heterocycles. The standard InChI is InChI=1S/C19H19NO4S2/c1-5-24-19(21)17-11(2)20-18(26-17)15-10-9-14(25-15)12-7-6-8-13(22-3)16(12)23-4/h6-10H,5H2,1-4H3. The first-order valence-corrected chi connectivity index (χ1v) is 9.68. The van der Waals surface area contributed by atoms with Crippen molar-refractivity contribution in [3.05, 3.63) is 40.9 Å². The van der Waals surface area contributed by atoms with E-state index in [4.69, 9.17) is 14.2 Å². The van der Waals surface area contributed by atoms with Gasteiger partial charge < -0.3 is 14.2 Å². The molecule has 1 aromatic carbocycles. The van der Waals surface area contributed by atoms with Crippen LogP contribution in [0, 0.1) is 6.92 Å². The molecule has 0 amide bonds. The molecule has 3 aromatic rings. The number of ether oxygens (including phenoxy) is 3. The van der Waals surface area contributed by atoms with Crippen LogP contribution in [-0.2, 0) is 4.74 Å². The van der Waals surface area contributed by atoms with Gasteiger partial charge in [-0.05, 0) is 38.1 Å². The number of carbonyl (C=O) groups is 1. The lowest BCUT2D eigenvalue weighted by Crippen LogP contribution is -2.03. The Morgan fingerprint density at radius 3 is 2.54 bits per heavy atom. The molecular formula is C19H19NO4S2. The summed E-state index contributed by atoms with van der Waals surface area (Å²) in [6.07, 6.45) is 0. The summed E-state index contributed by atoms with van der Waals surface area (Å²) in [6, 6.07) is 9.83. The number of methoxy groups -OCH3 is 2. The zero-order chi connectivity index (χ0) is 18.7. The largest absolute Gasteiger partial charge is 0.493 e. The Balaban J connectivity index is 1.97. The summed E-state index contributed by atoms with van der Waals surface area (Å²) in [5, 5.41) is 0.809. The number of hydrogen-bond donors (Lipinski definition) is 0. The quantitative estimate of drug-likeness (QED) is 0.553. The molecule has 0 bridgehead atoms. The molecule has 0 aliphatic rings. The van der Waals surface area contributed by atoms with E-state index in [-0.39, 0.29) is 5.97 Å². The second-order valence-corrected chi connectivity index (χ2v) is 7.44. The molecule has 136 valence electrons. The highest BCUT2D eigenvalue weighted by atomic mass is 32.1. The molecule has 2 aromatic heterocycles. The number of aryl methyl sites for hydroxylation is 1. The van der Waals surface area contributed by atoms with Gasteiger partial charge in [-0.15, -0.1) is 22.7 Å². The van der Waals surface area contributed by atoms with E-state index in [0.717, 1.165) is 20.3 Å². The average Bonchev–Trinajstić information content (AvgIpc) is 3.27. The molecule has 0 saturated carbocycles. The zero-order valence-corrected chi connectivity index (χ0v) is 16.6. The van der Waals surface area contributed by atoms with E-state index in [9.17, 15) is 4.79 Å². The first kappa shape index (κ1) is 18.4. The van der Waals surface area contributed by atoms with Gasteiger partial charge in [0.05, 0.1) is 31.4 Å². The third-order valence-electron chi connectivity index (χ3n) is 3.74. The number of benzene rings is 1. The van der Waals surface area contributed by atoms with Gasteiger partial charge in [-0.25, -0.2) is 9.78 Å². The Labute approximate surface area is 160 Å². The number of para-hydroxylation sites is 1. The summed E-state index contributed by atoms with van der Waals surface area (Å²) in [6.45, 7) is 3.97. The lowest BCUT2D eigenvalue weighted by Gasteiger charge is -2.11. The topological polar surface area (TPSA) is 57.7 Å². The van der Waals surface area contributed by atoms with Gasteiger partial charge in [0.25, 0.3) is 0 Å². The Bertz CT molecular complexity index is 930. The highest BCUT2D eigenvalue weighted by Crippen LogP contribution is 2.43. The van der Waals surface area contributed by atoms with E-state index >= 15 is 0 Å². The van der Waals surface area contributed by atoms with Gasteiger partial charge in [-0.2, -0.15) is 0 Å². The van der Waals surface area contributed by atoms with Crippen LogP contribution in [0.3, 0.4) is 0 Å². The Kier molecular flexibility index (Phi) is 5.58. The van der Waals surface area contributed by atoms with Gasteiger partial charge in [-0.3, -0.25) is 0 Å². The zero-order valence-electron chi connectivity index (χ0n) is 15.0. The van der Waals surface area contributed by atoms with Crippen molar-refractivity contribution in [3.63, 3.8) is 0 Å². The average molecular weight is 389 g/mol. The molecule has 0 aliphatic carbocycles. The lowest BCUT2D eigenvalue weighted by molar-refractivity contribution is 0.0531. The maximum absolute atomic E-state index is 12.0. The number of rotatable bonds is 6. The minimum Gasteiger partial charge on any atom is -0.493 e. The molecule has 2 heterocycles. The summed E-state index contributed by atoms with van der Waals surface area (Å²) in [5.74, 6) is 1.07. The molecule has 0 saturated heterocycles. The fourth-order valence-corrected chi connectivity index (χ4v) is 4.61. The van der Waals surface area contributed by atoms with Crippen LogP contribution in [0.25, 0.3) is 20.3 Å². The molecule has 5 nitrogen and oxygen atoms in total. The normalized spacial score (nSPS) is 10.6. The first-order chi connectivity index (χ1) is 12.6. The van der Waals surface area contributed by atoms with Gasteiger partial charge in [-0.1, -0.05) is 6.07 Å². The molecule has 0 atom stereocenters. The smallest absolute Gasteiger partial charge is 0.350 e. The molecule has 0 N–H and O–H groups in total. The van der Waals surface area contributed by atoms with Crippen molar-refractivity contribution in [2.75, 3.05) is 20.8 Å². The fraction of sp³-hybridized carbons (Fsp3) is 0.263. The number of thiazole rings is 1. The SMILES string of the molecule is CCOC(=O)c1sc(-c2ccc(-c3cccc(OC)c3OC)s2)nc1C. The van der Waals surface area contributed by atoms with Crippen molar-refractivity contribution in [1.29, 1.82) is 0 Å². The third-order valence-corrected chi connectivity index (χ3v) is 6.17. The maximum atomic E-state index is 12.0. The number of nitrogens with zero attached hydrogens (tertiary/aromatic N) is 1. The van der Waals surface area contributed by atoms with E-state index < -0.39 is 0 Å². The van der Waals surface area contributed by atoms with Crippen molar-refractivity contribution in [2.45, 2.75) is 13.8 Å². The predicted octanol–water partition coefficient (Wildman–Crippen LogP) is 5.04. The molecule has 0 fully saturated rings. The second kappa shape index (κ2) is 7.88. The van der Waals surface area contributed by atoms with Crippen molar-refractivity contribution in [2.24, 2.45) is 0 Å². The van der Waals surface area contributed by atoms with Gasteiger partial charge in [0.2, 0.25) is 0 Å². The van der Waals surface area contributed by atoms with Crippen molar-refractivity contribution in [1.82, 2.24) is 4.98 Å². The van der Waals surface area contributed by atoms with E-state index in [1.54, 1.807) is 32.5 Å². The summed E-state index contributed by atoms with van der Waals surface area (Å²) in [4.78, 5) is 19.1. The molecule has 26 heavy (non-hydrogen) atoms. The Morgan fingerprint density at radius 1 is 1.08 bits per heavy atom. The molecule has 0 unspecified atom stereocenters. The number of thiophene rings is 1. The van der Waals surface area contributed by atoms with Crippen LogP contribution in [0.1, 0.15) is 22.3 Å². The predicted molar refractivity (Wildman–Crippen MR) is 105 cm³/mol. The van der Waals surface area contributed by atoms with Crippen LogP contribution < -0.4 is 9.47 Å². The highest BCUT2D eigenvalue weighted by molar-refractivity contribution is 7.24. The first-order valence-electron chi connectivity index (χ1n) is 8.05. The Hall–Kier alpha value is -2.38. The van der Waals surface area contributed by atoms with Crippen LogP contribution in [-0.4, -0.2) is 31.8 Å². The van der Waals surface area contributed by atoms with Gasteiger partial charge in [0, 0.05) is 10.4 Å². The summed E-state index contributed by atoms with van der Waals surface area (Å²) >= 11 is 2.95. The highest BCUT2D eigenvalue weighted by Gasteiger charge is 2.19. The van der Waals surface area contributed by atoms with Gasteiger partial charge in [0.15, 0.2) is 11.5 Å². The third kappa shape index (κ3) is 3.45. The second-order valence-electron chi connectivity index (χ2n) is 5.36. The fourth-order valence-electron chi connectivity index (χ4n) is 2.57. The minimum absolute atomic E-state index is 0.319. The summed E-state index contributed by atoms with van der Waals surface area (Å²) < 4.78 is 16.0. The lowest BCUT2D eigenvalue weighted by atomic mass is 10.1. The van der Waals surface area contributed by atoms with Crippen molar-refractivity contribution in [3.8, 4) is 31.8 Å². The van der Waals surface area contributed by atoms with Gasteiger partial charge >= 0.3 is 5.97 Å². The van der Waals surface area contributed by atoms with E-state index in [1.807, 2.05) is 37.3 Å². The van der Waals surface area contributed by atoms with E-state index in [2.05, 4.69) is 4.98 Å². The van der Waals surface area contributed by atoms with Crippen LogP contribution >= 0.6 is 22.7 Å². The molecule has 7 heteroatoms. The molecule has 0 spiro atoms. The summed E-state index contributed by atoms with van der Waals surface area (Å²) in [5.41, 5.74) is 1.65. The Morgan fingerprint density at radius 2 is 1.85 bits per heavy atom. The van der Waals surface area contributed by atoms with Crippen LogP contribution in [0.4, 0.5) is 0 Å². The molecule has 3 rings (SSSR count). The number of carbonyl (C=O) groups excluding carboxylic acids is 1. The maximum Gasteiger partial charge on any atom is 0.350 e. The van der Waals surface area contributed by atoms with Crippen LogP contribution in [0.15, 0.2) is 30.3 Å². The number of esters is 1. The van der Waals surface area contributed by atoms with Crippen molar-refractivity contribution < 1.29 is 19.0 Å². The number of aromatic nitrogens is 1. The van der Waals surface area contributed by atoms with Crippen LogP contribution in [0.5, 0.6) is 11.5 Å². The summed E-state index contributed by atoms with van der Waals surface area (Å²) in [7, 11) is 3.25. The van der Waals surface area contributed by atoms with Crippen molar-refractivity contribution >= 4 is 28.6 Å². The van der Waals surface area contributed by atoms with Gasteiger partial charge in [0.1, 0.15) is 9.88 Å². The monoisotopic (exact) mass is 389 g/mol.